The van der Waals surface area contributed by atoms with E-state index in [9.17, 15) is 0 Å². The van der Waals surface area contributed by atoms with Gasteiger partial charge in [0.1, 0.15) is 0 Å². The van der Waals surface area contributed by atoms with Crippen LogP contribution < -0.4 is 0 Å². The number of aryl methyl sites for hydroxylation is 1. The maximum absolute atomic E-state index is 4.55. The van der Waals surface area contributed by atoms with Crippen molar-refractivity contribution in [3.05, 3.63) is 46.3 Å². The highest BCUT2D eigenvalue weighted by molar-refractivity contribution is 5.79. The number of hydrogen-bond donors (Lipinski definition) is 0. The molecule has 0 saturated carbocycles. The van der Waals surface area contributed by atoms with Crippen molar-refractivity contribution in [2.75, 3.05) is 0 Å². The minimum atomic E-state index is 0.508. The summed E-state index contributed by atoms with van der Waals surface area (Å²) in [6, 6.07) is 4.14. The molecule has 1 nitrogen and oxygen atoms in total. The molecule has 84 valence electrons. The first-order chi connectivity index (χ1) is 7.54. The maximum atomic E-state index is 4.55. The van der Waals surface area contributed by atoms with Crippen molar-refractivity contribution in [2.24, 2.45) is 5.92 Å². The Labute approximate surface area is 97.9 Å². The van der Waals surface area contributed by atoms with Crippen LogP contribution in [0.1, 0.15) is 39.0 Å². The summed E-state index contributed by atoms with van der Waals surface area (Å²) in [4.78, 5) is 4.55. The molecule has 0 fully saturated rings. The van der Waals surface area contributed by atoms with E-state index in [1.54, 1.807) is 0 Å². The lowest BCUT2D eigenvalue weighted by Crippen LogP contribution is -2.01. The molecule has 16 heavy (non-hydrogen) atoms. The van der Waals surface area contributed by atoms with Crippen LogP contribution in [-0.4, -0.2) is 4.98 Å². The Kier molecular flexibility index (Phi) is 2.71. The fraction of sp³-hybridized carbons (Fsp3) is 0.400. The van der Waals surface area contributed by atoms with Crippen molar-refractivity contribution in [3.63, 3.8) is 0 Å². The van der Waals surface area contributed by atoms with E-state index >= 15 is 0 Å². The molecule has 0 N–H and O–H groups in total. The van der Waals surface area contributed by atoms with Gasteiger partial charge in [-0.1, -0.05) is 18.6 Å². The molecular formula is C15H19N. The molecule has 0 aromatic carbocycles. The monoisotopic (exact) mass is 213 g/mol. The molecular weight excluding hydrogens is 194 g/mol. The Hall–Kier alpha value is -1.37. The highest BCUT2D eigenvalue weighted by atomic mass is 14.7. The molecule has 1 aromatic heterocycles. The quantitative estimate of drug-likeness (QED) is 0.683. The first-order valence-electron chi connectivity index (χ1n) is 5.84. The molecule has 0 spiro atoms. The van der Waals surface area contributed by atoms with Crippen LogP contribution in [-0.2, 0) is 0 Å². The van der Waals surface area contributed by atoms with E-state index in [1.807, 2.05) is 12.3 Å². The average molecular weight is 213 g/mol. The van der Waals surface area contributed by atoms with E-state index in [-0.39, 0.29) is 0 Å². The van der Waals surface area contributed by atoms with Gasteiger partial charge in [0, 0.05) is 12.1 Å². The standard InChI is InChI=1S/C15H19N/c1-9-7-6-8-16-15(9)14-12(4)10(2)11(3)13(14)5/h6-8,12H,1-5H3. The Balaban J connectivity index is 2.57. The largest absolute Gasteiger partial charge is 0.256 e. The topological polar surface area (TPSA) is 12.9 Å². The molecule has 2 rings (SSSR count). The minimum Gasteiger partial charge on any atom is -0.256 e. The van der Waals surface area contributed by atoms with Crippen LogP contribution in [0.15, 0.2) is 35.0 Å². The van der Waals surface area contributed by atoms with Crippen LogP contribution in [0.4, 0.5) is 0 Å². The number of allylic oxidation sites excluding steroid dienone is 4. The molecule has 1 atom stereocenters. The van der Waals surface area contributed by atoms with Crippen molar-refractivity contribution in [2.45, 2.75) is 34.6 Å². The molecule has 1 aliphatic rings. The van der Waals surface area contributed by atoms with Gasteiger partial charge >= 0.3 is 0 Å². The van der Waals surface area contributed by atoms with Crippen LogP contribution in [0.25, 0.3) is 5.57 Å². The second kappa shape index (κ2) is 3.89. The molecule has 1 unspecified atom stereocenters. The van der Waals surface area contributed by atoms with Gasteiger partial charge in [0.2, 0.25) is 0 Å². The molecule has 1 heteroatoms. The lowest BCUT2D eigenvalue weighted by molar-refractivity contribution is 0.885. The van der Waals surface area contributed by atoms with E-state index in [2.05, 4.69) is 45.7 Å². The van der Waals surface area contributed by atoms with E-state index in [4.69, 9.17) is 0 Å². The third kappa shape index (κ3) is 1.51. The summed E-state index contributed by atoms with van der Waals surface area (Å²) >= 11 is 0. The van der Waals surface area contributed by atoms with Crippen LogP contribution in [0.3, 0.4) is 0 Å². The second-order valence-corrected chi connectivity index (χ2v) is 4.74. The van der Waals surface area contributed by atoms with Crippen molar-refractivity contribution >= 4 is 5.57 Å². The van der Waals surface area contributed by atoms with Crippen molar-refractivity contribution < 1.29 is 0 Å². The van der Waals surface area contributed by atoms with Crippen molar-refractivity contribution in [1.29, 1.82) is 0 Å². The lowest BCUT2D eigenvalue weighted by atomic mass is 9.93. The van der Waals surface area contributed by atoms with E-state index in [0.29, 0.717) is 5.92 Å². The van der Waals surface area contributed by atoms with Crippen molar-refractivity contribution in [3.8, 4) is 0 Å². The fourth-order valence-corrected chi connectivity index (χ4v) is 2.51. The Morgan fingerprint density at radius 1 is 1.06 bits per heavy atom. The summed E-state index contributed by atoms with van der Waals surface area (Å²) in [7, 11) is 0. The van der Waals surface area contributed by atoms with Gasteiger partial charge in [-0.25, -0.2) is 0 Å². The zero-order valence-electron chi connectivity index (χ0n) is 10.8. The number of nitrogens with zero attached hydrogens (tertiary/aromatic N) is 1. The number of pyridine rings is 1. The third-order valence-corrected chi connectivity index (χ3v) is 3.91. The molecule has 0 radical (unpaired) electrons. The predicted octanol–water partition coefficient (Wildman–Crippen LogP) is 4.15. The van der Waals surface area contributed by atoms with Crippen molar-refractivity contribution in [1.82, 2.24) is 4.98 Å². The number of aromatic nitrogens is 1. The summed E-state index contributed by atoms with van der Waals surface area (Å²) in [5.74, 6) is 0.508. The molecule has 0 aliphatic heterocycles. The van der Waals surface area contributed by atoms with Gasteiger partial charge in [0.25, 0.3) is 0 Å². The first-order valence-corrected chi connectivity index (χ1v) is 5.84. The van der Waals surface area contributed by atoms with Crippen LogP contribution in [0.5, 0.6) is 0 Å². The number of hydrogen-bond acceptors (Lipinski definition) is 1. The zero-order valence-corrected chi connectivity index (χ0v) is 10.8. The third-order valence-electron chi connectivity index (χ3n) is 3.91. The van der Waals surface area contributed by atoms with Gasteiger partial charge in [-0.3, -0.25) is 4.98 Å². The van der Waals surface area contributed by atoms with Crippen LogP contribution in [0.2, 0.25) is 0 Å². The Morgan fingerprint density at radius 2 is 1.75 bits per heavy atom. The highest BCUT2D eigenvalue weighted by Crippen LogP contribution is 2.42. The fourth-order valence-electron chi connectivity index (χ4n) is 2.51. The highest BCUT2D eigenvalue weighted by Gasteiger charge is 2.26. The normalized spacial score (nSPS) is 20.9. The molecule has 0 saturated heterocycles. The summed E-state index contributed by atoms with van der Waals surface area (Å²) in [6.07, 6.45) is 1.89. The summed E-state index contributed by atoms with van der Waals surface area (Å²) in [5, 5.41) is 0. The predicted molar refractivity (Wildman–Crippen MR) is 69.1 cm³/mol. The van der Waals surface area contributed by atoms with Gasteiger partial charge < -0.3 is 0 Å². The van der Waals surface area contributed by atoms with E-state index in [1.165, 1.54) is 33.5 Å². The smallest absolute Gasteiger partial charge is 0.0699 e. The van der Waals surface area contributed by atoms with Crippen LogP contribution >= 0.6 is 0 Å². The maximum Gasteiger partial charge on any atom is 0.0699 e. The van der Waals surface area contributed by atoms with E-state index in [0.717, 1.165) is 0 Å². The zero-order chi connectivity index (χ0) is 11.9. The first kappa shape index (κ1) is 11.1. The molecule has 0 bridgehead atoms. The van der Waals surface area contributed by atoms with Gasteiger partial charge in [-0.15, -0.1) is 0 Å². The summed E-state index contributed by atoms with van der Waals surface area (Å²) in [5.41, 5.74) is 8.18. The SMILES string of the molecule is CC1=C(C)C(C)C(c2ncccc2C)=C1C. The molecule has 1 aliphatic carbocycles. The average Bonchev–Trinajstić information content (AvgIpc) is 2.45. The van der Waals surface area contributed by atoms with Gasteiger partial charge in [0.15, 0.2) is 0 Å². The van der Waals surface area contributed by atoms with Crippen LogP contribution in [0, 0.1) is 12.8 Å². The molecule has 1 aromatic rings. The number of rotatable bonds is 1. The second-order valence-electron chi connectivity index (χ2n) is 4.74. The van der Waals surface area contributed by atoms with Gasteiger partial charge in [-0.05, 0) is 56.0 Å². The molecule has 0 amide bonds. The van der Waals surface area contributed by atoms with Gasteiger partial charge in [0.05, 0.1) is 5.69 Å². The lowest BCUT2D eigenvalue weighted by Gasteiger charge is -2.14. The molecule has 1 heterocycles. The van der Waals surface area contributed by atoms with Gasteiger partial charge in [-0.2, -0.15) is 0 Å². The minimum absolute atomic E-state index is 0.508. The summed E-state index contributed by atoms with van der Waals surface area (Å²) in [6.45, 7) is 11.1. The Bertz CT molecular complexity index is 492. The summed E-state index contributed by atoms with van der Waals surface area (Å²) < 4.78 is 0. The van der Waals surface area contributed by atoms with E-state index < -0.39 is 0 Å². The Morgan fingerprint density at radius 3 is 2.25 bits per heavy atom.